The summed E-state index contributed by atoms with van der Waals surface area (Å²) in [6, 6.07) is 10.7. The number of hydrogen-bond donors (Lipinski definition) is 3. The highest BCUT2D eigenvalue weighted by Crippen LogP contribution is 2.27. The zero-order chi connectivity index (χ0) is 21.4. The number of hydrogen-bond acceptors (Lipinski definition) is 4. The van der Waals surface area contributed by atoms with E-state index in [-0.39, 0.29) is 25.4 Å². The van der Waals surface area contributed by atoms with Gasteiger partial charge in [-0.15, -0.1) is 0 Å². The molecule has 0 spiro atoms. The second kappa shape index (κ2) is 10.8. The molecule has 0 unspecified atom stereocenters. The van der Waals surface area contributed by atoms with Crippen molar-refractivity contribution >= 4 is 50.9 Å². The molecule has 0 aliphatic heterocycles. The fourth-order valence-electron chi connectivity index (χ4n) is 2.28. The Hall–Kier alpha value is -2.58. The van der Waals surface area contributed by atoms with Crippen LogP contribution in [0, 0.1) is 13.8 Å². The van der Waals surface area contributed by atoms with Gasteiger partial charge in [-0.1, -0.05) is 39.7 Å². The topological polar surface area (TPSA) is 96.5 Å². The number of carbonyl (C=O) groups excluding carboxylic acids is 3. The summed E-state index contributed by atoms with van der Waals surface area (Å²) >= 11 is 9.27. The molecule has 0 radical (unpaired) electrons. The lowest BCUT2D eigenvalue weighted by Crippen LogP contribution is -2.44. The molecule has 9 heteroatoms. The molecule has 3 N–H and O–H groups in total. The average Bonchev–Trinajstić information content (AvgIpc) is 2.67. The number of carbonyl (C=O) groups is 3. The van der Waals surface area contributed by atoms with Crippen molar-refractivity contribution in [2.75, 3.05) is 11.9 Å². The fraction of sp³-hybridized carbons (Fsp3) is 0.250. The minimum absolute atomic E-state index is 0.0138. The van der Waals surface area contributed by atoms with Gasteiger partial charge in [0.05, 0.1) is 5.02 Å². The second-order valence-electron chi connectivity index (χ2n) is 6.33. The largest absolute Gasteiger partial charge is 0.482 e. The van der Waals surface area contributed by atoms with E-state index in [2.05, 4.69) is 32.1 Å². The molecule has 2 aromatic carbocycles. The first kappa shape index (κ1) is 22.7. The summed E-state index contributed by atoms with van der Waals surface area (Å²) in [4.78, 5) is 35.6. The molecule has 0 saturated heterocycles. The number of amides is 3. The highest BCUT2D eigenvalue weighted by Gasteiger charge is 2.11. The van der Waals surface area contributed by atoms with Crippen LogP contribution in [0.4, 0.5) is 5.69 Å². The summed E-state index contributed by atoms with van der Waals surface area (Å²) in [5.74, 6) is -0.985. The highest BCUT2D eigenvalue weighted by molar-refractivity contribution is 9.10. The molecule has 0 bridgehead atoms. The minimum atomic E-state index is -0.558. The summed E-state index contributed by atoms with van der Waals surface area (Å²) in [6.45, 7) is 3.50. The van der Waals surface area contributed by atoms with Crippen molar-refractivity contribution in [3.05, 3.63) is 57.0 Å². The molecule has 0 fully saturated rings. The maximum atomic E-state index is 12.0. The molecule has 0 aliphatic rings. The molecule has 154 valence electrons. The summed E-state index contributed by atoms with van der Waals surface area (Å²) in [5.41, 5.74) is 7.15. The lowest BCUT2D eigenvalue weighted by atomic mass is 10.1. The average molecular weight is 483 g/mol. The first-order valence-electron chi connectivity index (χ1n) is 8.77. The summed E-state index contributed by atoms with van der Waals surface area (Å²) in [5, 5.41) is 3.13. The van der Waals surface area contributed by atoms with E-state index in [1.807, 2.05) is 32.0 Å². The van der Waals surface area contributed by atoms with Crippen LogP contribution >= 0.6 is 27.5 Å². The van der Waals surface area contributed by atoms with Crippen molar-refractivity contribution in [2.45, 2.75) is 26.7 Å². The van der Waals surface area contributed by atoms with E-state index in [1.54, 1.807) is 18.2 Å². The standard InChI is InChI=1S/C20H21BrClN3O4/c1-12-3-4-13(2)16(9-12)23-18(26)7-8-19(27)24-25-20(28)11-29-17-6-5-14(21)10-15(17)22/h3-6,9-10H,7-8,11H2,1-2H3,(H,23,26)(H,24,27)(H,25,28). The van der Waals surface area contributed by atoms with Crippen molar-refractivity contribution < 1.29 is 19.1 Å². The Balaban J connectivity index is 1.69. The Kier molecular flexibility index (Phi) is 8.48. The molecule has 29 heavy (non-hydrogen) atoms. The third-order valence-corrected chi connectivity index (χ3v) is 4.63. The first-order valence-corrected chi connectivity index (χ1v) is 9.94. The smallest absolute Gasteiger partial charge is 0.276 e. The van der Waals surface area contributed by atoms with Gasteiger partial charge in [0.15, 0.2) is 6.61 Å². The van der Waals surface area contributed by atoms with Gasteiger partial charge in [0.25, 0.3) is 5.91 Å². The number of benzene rings is 2. The van der Waals surface area contributed by atoms with Gasteiger partial charge in [0, 0.05) is 23.0 Å². The van der Waals surface area contributed by atoms with E-state index >= 15 is 0 Å². The van der Waals surface area contributed by atoms with E-state index in [9.17, 15) is 14.4 Å². The van der Waals surface area contributed by atoms with Crippen LogP contribution in [0.25, 0.3) is 0 Å². The van der Waals surface area contributed by atoms with Crippen molar-refractivity contribution in [1.82, 2.24) is 10.9 Å². The van der Waals surface area contributed by atoms with Gasteiger partial charge < -0.3 is 10.1 Å². The molecule has 0 saturated carbocycles. The minimum Gasteiger partial charge on any atom is -0.482 e. The Labute approximate surface area is 182 Å². The Morgan fingerprint density at radius 3 is 2.38 bits per heavy atom. The number of anilines is 1. The van der Waals surface area contributed by atoms with Gasteiger partial charge in [-0.2, -0.15) is 0 Å². The van der Waals surface area contributed by atoms with E-state index in [0.717, 1.165) is 15.6 Å². The van der Waals surface area contributed by atoms with Crippen molar-refractivity contribution in [2.24, 2.45) is 0 Å². The van der Waals surface area contributed by atoms with Crippen LogP contribution in [0.3, 0.4) is 0 Å². The molecule has 0 heterocycles. The van der Waals surface area contributed by atoms with E-state index in [0.29, 0.717) is 16.5 Å². The van der Waals surface area contributed by atoms with E-state index in [4.69, 9.17) is 16.3 Å². The number of halogens is 2. The predicted octanol–water partition coefficient (Wildman–Crippen LogP) is 3.66. The number of nitrogens with one attached hydrogen (secondary N) is 3. The Bertz CT molecular complexity index is 921. The summed E-state index contributed by atoms with van der Waals surface area (Å²) < 4.78 is 6.08. The van der Waals surface area contributed by atoms with Crippen LogP contribution < -0.4 is 20.9 Å². The zero-order valence-electron chi connectivity index (χ0n) is 16.0. The lowest BCUT2D eigenvalue weighted by Gasteiger charge is -2.11. The van der Waals surface area contributed by atoms with Crippen LogP contribution in [0.2, 0.25) is 5.02 Å². The van der Waals surface area contributed by atoms with E-state index < -0.39 is 11.8 Å². The molecule has 2 rings (SSSR count). The number of hydrazine groups is 1. The Morgan fingerprint density at radius 2 is 1.66 bits per heavy atom. The van der Waals surface area contributed by atoms with Crippen molar-refractivity contribution in [1.29, 1.82) is 0 Å². The van der Waals surface area contributed by atoms with Crippen LogP contribution in [0.1, 0.15) is 24.0 Å². The normalized spacial score (nSPS) is 10.2. The Morgan fingerprint density at radius 1 is 0.966 bits per heavy atom. The third kappa shape index (κ3) is 7.75. The second-order valence-corrected chi connectivity index (χ2v) is 7.65. The summed E-state index contributed by atoms with van der Waals surface area (Å²) in [7, 11) is 0. The van der Waals surface area contributed by atoms with Crippen LogP contribution in [0.5, 0.6) is 5.75 Å². The van der Waals surface area contributed by atoms with Gasteiger partial charge in [-0.05, 0) is 49.2 Å². The van der Waals surface area contributed by atoms with E-state index in [1.165, 1.54) is 0 Å². The van der Waals surface area contributed by atoms with Gasteiger partial charge in [0.2, 0.25) is 11.8 Å². The quantitative estimate of drug-likeness (QED) is 0.525. The number of aryl methyl sites for hydroxylation is 2. The molecule has 3 amide bonds. The third-order valence-electron chi connectivity index (χ3n) is 3.84. The van der Waals surface area contributed by atoms with Gasteiger partial charge in [0.1, 0.15) is 5.75 Å². The zero-order valence-corrected chi connectivity index (χ0v) is 18.3. The predicted molar refractivity (Wildman–Crippen MR) is 115 cm³/mol. The maximum Gasteiger partial charge on any atom is 0.276 e. The molecular weight excluding hydrogens is 462 g/mol. The lowest BCUT2D eigenvalue weighted by molar-refractivity contribution is -0.130. The molecule has 0 aliphatic carbocycles. The molecule has 2 aromatic rings. The monoisotopic (exact) mass is 481 g/mol. The van der Waals surface area contributed by atoms with Gasteiger partial charge >= 0.3 is 0 Å². The van der Waals surface area contributed by atoms with Gasteiger partial charge in [-0.25, -0.2) is 0 Å². The maximum absolute atomic E-state index is 12.0. The molecular formula is C20H21BrClN3O4. The van der Waals surface area contributed by atoms with Gasteiger partial charge in [-0.3, -0.25) is 25.2 Å². The fourth-order valence-corrected chi connectivity index (χ4v) is 3.01. The first-order chi connectivity index (χ1) is 13.7. The number of ether oxygens (including phenoxy) is 1. The van der Waals surface area contributed by atoms with Crippen LogP contribution in [0.15, 0.2) is 40.9 Å². The highest BCUT2D eigenvalue weighted by atomic mass is 79.9. The van der Waals surface area contributed by atoms with Crippen molar-refractivity contribution in [3.8, 4) is 5.75 Å². The SMILES string of the molecule is Cc1ccc(C)c(NC(=O)CCC(=O)NNC(=O)COc2ccc(Br)cc2Cl)c1. The molecule has 0 atom stereocenters. The van der Waals surface area contributed by atoms with Crippen LogP contribution in [-0.4, -0.2) is 24.3 Å². The van der Waals surface area contributed by atoms with Crippen molar-refractivity contribution in [3.63, 3.8) is 0 Å². The molecule has 7 nitrogen and oxygen atoms in total. The summed E-state index contributed by atoms with van der Waals surface area (Å²) in [6.07, 6.45) is -0.0868. The van der Waals surface area contributed by atoms with Crippen LogP contribution in [-0.2, 0) is 14.4 Å². The molecule has 0 aromatic heterocycles. The number of rotatable bonds is 7.